The predicted octanol–water partition coefficient (Wildman–Crippen LogP) is -0.342. The Balaban J connectivity index is 1.75. The number of thiophene rings is 1. The molecule has 3 rings (SSSR count). The molecule has 3 N–H and O–H groups in total. The molecule has 1 aliphatic rings. The first-order valence-corrected chi connectivity index (χ1v) is 10.7. The minimum atomic E-state index is -0.148. The summed E-state index contributed by atoms with van der Waals surface area (Å²) >= 11 is 1.75. The molecule has 0 radical (unpaired) electrons. The quantitative estimate of drug-likeness (QED) is 0.546. The second kappa shape index (κ2) is 9.96. The highest BCUT2D eigenvalue weighted by atomic mass is 32.1. The summed E-state index contributed by atoms with van der Waals surface area (Å²) in [5.74, 6) is 1.27. The van der Waals surface area contributed by atoms with Gasteiger partial charge in [-0.1, -0.05) is 6.07 Å². The molecule has 0 unspecified atom stereocenters. The fourth-order valence-electron chi connectivity index (χ4n) is 3.79. The molecule has 1 aromatic heterocycles. The Morgan fingerprint density at radius 3 is 2.28 bits per heavy atom. The zero-order valence-electron chi connectivity index (χ0n) is 17.5. The van der Waals surface area contributed by atoms with Crippen LogP contribution in [0, 0.1) is 0 Å². The number of hydrogen-bond donors (Lipinski definition) is 3. The van der Waals surface area contributed by atoms with Crippen molar-refractivity contribution in [3.8, 4) is 17.2 Å². The van der Waals surface area contributed by atoms with Crippen LogP contribution in [0.2, 0.25) is 0 Å². The number of rotatable bonds is 8. The van der Waals surface area contributed by atoms with Crippen LogP contribution in [-0.4, -0.2) is 67.0 Å². The highest BCUT2D eigenvalue weighted by molar-refractivity contribution is 7.10. The lowest BCUT2D eigenvalue weighted by Gasteiger charge is -2.33. The molecule has 0 spiro atoms. The van der Waals surface area contributed by atoms with Gasteiger partial charge in [0.05, 0.1) is 39.8 Å². The minimum Gasteiger partial charge on any atom is -0.493 e. The van der Waals surface area contributed by atoms with Crippen LogP contribution in [0.3, 0.4) is 0 Å². The standard InChI is InChI=1S/C21H29N3O4S/c1-23-7-9-24(10-8-23)16(19-6-5-11-29-19)14-22-21(25)15-12-17(26-2)20(28-4)18(13-15)27-3/h5-6,11-13,16H,7-10,14H2,1-4H3,(H,22,25)/p+2/t16-/m1/s1. The lowest BCUT2D eigenvalue weighted by Crippen LogP contribution is -3.27. The van der Waals surface area contributed by atoms with Crippen LogP contribution in [-0.2, 0) is 0 Å². The number of hydrogen-bond acceptors (Lipinski definition) is 5. The van der Waals surface area contributed by atoms with E-state index in [2.05, 4.69) is 29.9 Å². The van der Waals surface area contributed by atoms with Gasteiger partial charge in [0.2, 0.25) is 5.75 Å². The fourth-order valence-corrected chi connectivity index (χ4v) is 4.68. The van der Waals surface area contributed by atoms with Gasteiger partial charge >= 0.3 is 0 Å². The molecule has 1 amide bonds. The van der Waals surface area contributed by atoms with Gasteiger partial charge in [-0.2, -0.15) is 0 Å². The van der Waals surface area contributed by atoms with Crippen molar-refractivity contribution in [2.45, 2.75) is 6.04 Å². The predicted molar refractivity (Wildman–Crippen MR) is 113 cm³/mol. The van der Waals surface area contributed by atoms with Crippen LogP contribution in [0.5, 0.6) is 17.2 Å². The van der Waals surface area contributed by atoms with E-state index in [1.165, 1.54) is 9.78 Å². The van der Waals surface area contributed by atoms with Gasteiger partial charge in [-0.3, -0.25) is 4.79 Å². The fraction of sp³-hybridized carbons (Fsp3) is 0.476. The van der Waals surface area contributed by atoms with Gasteiger partial charge in [-0.15, -0.1) is 11.3 Å². The van der Waals surface area contributed by atoms with E-state index < -0.39 is 0 Å². The van der Waals surface area contributed by atoms with Gasteiger partial charge in [-0.05, 0) is 23.6 Å². The normalized spacial score (nSPS) is 20.0. The van der Waals surface area contributed by atoms with Crippen LogP contribution in [0.1, 0.15) is 21.3 Å². The number of carbonyl (C=O) groups excluding carboxylic acids is 1. The molecule has 1 aliphatic heterocycles. The van der Waals surface area contributed by atoms with Crippen molar-refractivity contribution in [3.63, 3.8) is 0 Å². The summed E-state index contributed by atoms with van der Waals surface area (Å²) in [5, 5.41) is 5.23. The molecule has 0 aliphatic carbocycles. The van der Waals surface area contributed by atoms with Gasteiger partial charge < -0.3 is 29.3 Å². The van der Waals surface area contributed by atoms with E-state index in [4.69, 9.17) is 14.2 Å². The number of amides is 1. The van der Waals surface area contributed by atoms with Crippen LogP contribution in [0.25, 0.3) is 0 Å². The molecule has 7 nitrogen and oxygen atoms in total. The first-order valence-electron chi connectivity index (χ1n) is 9.84. The second-order valence-electron chi connectivity index (χ2n) is 7.31. The number of benzene rings is 1. The number of nitrogens with one attached hydrogen (secondary N) is 3. The minimum absolute atomic E-state index is 0.148. The molecule has 158 valence electrons. The van der Waals surface area contributed by atoms with Gasteiger partial charge in [-0.25, -0.2) is 0 Å². The van der Waals surface area contributed by atoms with Crippen molar-refractivity contribution in [2.75, 3.05) is 61.1 Å². The Bertz CT molecular complexity index is 779. The molecule has 2 heterocycles. The molecule has 0 saturated carbocycles. The first-order chi connectivity index (χ1) is 14.1. The largest absolute Gasteiger partial charge is 0.493 e. The van der Waals surface area contributed by atoms with E-state index in [1.807, 2.05) is 0 Å². The van der Waals surface area contributed by atoms with E-state index in [9.17, 15) is 4.79 Å². The number of likely N-dealkylation sites (N-methyl/N-ethyl adjacent to an activating group) is 1. The van der Waals surface area contributed by atoms with Gasteiger partial charge in [0.25, 0.3) is 5.91 Å². The number of methoxy groups -OCH3 is 3. The van der Waals surface area contributed by atoms with E-state index in [-0.39, 0.29) is 11.9 Å². The van der Waals surface area contributed by atoms with Crippen molar-refractivity contribution in [2.24, 2.45) is 0 Å². The maximum atomic E-state index is 12.9. The Kier molecular flexibility index (Phi) is 7.35. The van der Waals surface area contributed by atoms with Gasteiger partial charge in [0, 0.05) is 5.56 Å². The van der Waals surface area contributed by atoms with Gasteiger partial charge in [0.1, 0.15) is 32.2 Å². The molecular formula is C21H31N3O4S+2. The average Bonchev–Trinajstić information content (AvgIpc) is 3.28. The van der Waals surface area contributed by atoms with Crippen molar-refractivity contribution >= 4 is 17.2 Å². The number of ether oxygens (including phenoxy) is 3. The van der Waals surface area contributed by atoms with Crippen molar-refractivity contribution < 1.29 is 28.8 Å². The molecule has 29 heavy (non-hydrogen) atoms. The molecule has 1 atom stereocenters. The van der Waals surface area contributed by atoms with Gasteiger partial charge in [0.15, 0.2) is 11.5 Å². The number of piperazine rings is 1. The van der Waals surface area contributed by atoms with Crippen LogP contribution >= 0.6 is 11.3 Å². The lowest BCUT2D eigenvalue weighted by atomic mass is 10.1. The molecular weight excluding hydrogens is 390 g/mol. The van der Waals surface area contributed by atoms with E-state index >= 15 is 0 Å². The van der Waals surface area contributed by atoms with E-state index in [0.29, 0.717) is 29.4 Å². The topological polar surface area (TPSA) is 65.7 Å². The monoisotopic (exact) mass is 421 g/mol. The Labute approximate surface area is 176 Å². The third kappa shape index (κ3) is 5.01. The van der Waals surface area contributed by atoms with E-state index in [0.717, 1.165) is 26.2 Å². The molecule has 1 fully saturated rings. The highest BCUT2D eigenvalue weighted by Gasteiger charge is 2.30. The second-order valence-corrected chi connectivity index (χ2v) is 8.29. The summed E-state index contributed by atoms with van der Waals surface area (Å²) in [4.78, 5) is 17.3. The summed E-state index contributed by atoms with van der Waals surface area (Å²) in [5.41, 5.74) is 0.488. The average molecular weight is 422 g/mol. The van der Waals surface area contributed by atoms with Crippen molar-refractivity contribution in [1.29, 1.82) is 0 Å². The SMILES string of the molecule is COc1cc(C(=O)NC[C@H](c2cccs2)[NH+]2CC[NH+](C)CC2)cc(OC)c1OC. The van der Waals surface area contributed by atoms with Crippen molar-refractivity contribution in [1.82, 2.24) is 5.32 Å². The lowest BCUT2D eigenvalue weighted by molar-refractivity contribution is -1.02. The van der Waals surface area contributed by atoms with Crippen LogP contribution in [0.15, 0.2) is 29.6 Å². The van der Waals surface area contributed by atoms with Crippen LogP contribution in [0.4, 0.5) is 0 Å². The summed E-state index contributed by atoms with van der Waals surface area (Å²) in [6.07, 6.45) is 0. The summed E-state index contributed by atoms with van der Waals surface area (Å²) in [6, 6.07) is 7.87. The maximum absolute atomic E-state index is 12.9. The molecule has 0 bridgehead atoms. The molecule has 1 aromatic carbocycles. The Morgan fingerprint density at radius 1 is 1.10 bits per heavy atom. The van der Waals surface area contributed by atoms with Crippen LogP contribution < -0.4 is 29.3 Å². The third-order valence-corrected chi connectivity index (χ3v) is 6.50. The highest BCUT2D eigenvalue weighted by Crippen LogP contribution is 2.38. The maximum Gasteiger partial charge on any atom is 0.251 e. The summed E-state index contributed by atoms with van der Waals surface area (Å²) in [6.45, 7) is 5.10. The zero-order valence-corrected chi connectivity index (χ0v) is 18.4. The number of carbonyl (C=O) groups is 1. The smallest absolute Gasteiger partial charge is 0.251 e. The zero-order chi connectivity index (χ0) is 20.8. The molecule has 1 saturated heterocycles. The summed E-state index contributed by atoms with van der Waals surface area (Å²) < 4.78 is 16.1. The Hall–Kier alpha value is -2.29. The summed E-state index contributed by atoms with van der Waals surface area (Å²) in [7, 11) is 6.88. The van der Waals surface area contributed by atoms with E-state index in [1.54, 1.807) is 49.7 Å². The third-order valence-electron chi connectivity index (χ3n) is 5.52. The first kappa shape index (κ1) is 21.4. The Morgan fingerprint density at radius 2 is 1.76 bits per heavy atom. The van der Waals surface area contributed by atoms with Crippen molar-refractivity contribution in [3.05, 3.63) is 40.1 Å². The molecule has 2 aromatic rings. The number of quaternary nitrogens is 2. The molecule has 8 heteroatoms.